The van der Waals surface area contributed by atoms with Gasteiger partial charge in [-0.3, -0.25) is 9.78 Å². The van der Waals surface area contributed by atoms with Crippen LogP contribution in [0.1, 0.15) is 45.4 Å². The maximum absolute atomic E-state index is 12.5. The molecule has 1 amide bonds. The lowest BCUT2D eigenvalue weighted by molar-refractivity contribution is -0.121. The summed E-state index contributed by atoms with van der Waals surface area (Å²) in [6.45, 7) is 9.03. The van der Waals surface area contributed by atoms with Crippen molar-refractivity contribution in [3.05, 3.63) is 29.6 Å². The van der Waals surface area contributed by atoms with Crippen molar-refractivity contribution in [2.45, 2.75) is 58.6 Å². The monoisotopic (exact) mass is 440 g/mol. The lowest BCUT2D eigenvalue weighted by atomic mass is 10.1. The van der Waals surface area contributed by atoms with Gasteiger partial charge in [0.05, 0.1) is 6.54 Å². The molecular weight excluding hydrogens is 404 g/mol. The van der Waals surface area contributed by atoms with Crippen molar-refractivity contribution >= 4 is 11.7 Å². The van der Waals surface area contributed by atoms with E-state index in [1.165, 1.54) is 0 Å². The summed E-state index contributed by atoms with van der Waals surface area (Å²) >= 11 is 0. The van der Waals surface area contributed by atoms with E-state index in [9.17, 15) is 4.79 Å². The SMILES string of the molecule is C[C@@H](CN(C)C)Oc1ccnc(-c2nc3c(c(N(C)CC(=O)NC(C)(C)C)n2)CCC3)c1. The first-order chi connectivity index (χ1) is 15.0. The van der Waals surface area contributed by atoms with Crippen LogP contribution in [-0.4, -0.2) is 71.6 Å². The Morgan fingerprint density at radius 2 is 1.97 bits per heavy atom. The highest BCUT2D eigenvalue weighted by Crippen LogP contribution is 2.31. The molecule has 0 bridgehead atoms. The van der Waals surface area contributed by atoms with E-state index in [0.717, 1.165) is 48.6 Å². The minimum absolute atomic E-state index is 0.0321. The number of hydrogen-bond donors (Lipinski definition) is 1. The van der Waals surface area contributed by atoms with Gasteiger partial charge < -0.3 is 19.9 Å². The summed E-state index contributed by atoms with van der Waals surface area (Å²) in [6, 6.07) is 3.74. The molecule has 1 aliphatic carbocycles. The first-order valence-corrected chi connectivity index (χ1v) is 11.2. The van der Waals surface area contributed by atoms with E-state index in [1.807, 2.05) is 65.9 Å². The number of ether oxygens (including phenoxy) is 1. The lowest BCUT2D eigenvalue weighted by Crippen LogP contribution is -2.45. The molecule has 8 heteroatoms. The van der Waals surface area contributed by atoms with E-state index in [-0.39, 0.29) is 24.1 Å². The Hall–Kier alpha value is -2.74. The van der Waals surface area contributed by atoms with Gasteiger partial charge in [-0.05, 0) is 67.1 Å². The van der Waals surface area contributed by atoms with Crippen molar-refractivity contribution in [1.82, 2.24) is 25.2 Å². The Bertz CT molecular complexity index is 954. The molecule has 0 aliphatic heterocycles. The van der Waals surface area contributed by atoms with Gasteiger partial charge in [-0.25, -0.2) is 9.97 Å². The van der Waals surface area contributed by atoms with E-state index in [2.05, 4.69) is 15.2 Å². The van der Waals surface area contributed by atoms with E-state index >= 15 is 0 Å². The summed E-state index contributed by atoms with van der Waals surface area (Å²) in [6.07, 6.45) is 4.65. The Morgan fingerprint density at radius 1 is 1.22 bits per heavy atom. The Morgan fingerprint density at radius 3 is 2.66 bits per heavy atom. The number of aromatic nitrogens is 3. The minimum Gasteiger partial charge on any atom is -0.489 e. The maximum Gasteiger partial charge on any atom is 0.239 e. The summed E-state index contributed by atoms with van der Waals surface area (Å²) < 4.78 is 6.06. The molecule has 0 saturated heterocycles. The van der Waals surface area contributed by atoms with Crippen LogP contribution in [0.15, 0.2) is 18.3 Å². The van der Waals surface area contributed by atoms with Crippen molar-refractivity contribution in [3.8, 4) is 17.3 Å². The quantitative estimate of drug-likeness (QED) is 0.676. The highest BCUT2D eigenvalue weighted by molar-refractivity contribution is 5.82. The molecule has 0 aromatic carbocycles. The van der Waals surface area contributed by atoms with Crippen LogP contribution in [0.25, 0.3) is 11.5 Å². The van der Waals surface area contributed by atoms with Gasteiger partial charge in [-0.15, -0.1) is 0 Å². The fraction of sp³-hybridized carbons (Fsp3) is 0.583. The van der Waals surface area contributed by atoms with Gasteiger partial charge in [0.2, 0.25) is 5.91 Å². The number of nitrogens with zero attached hydrogens (tertiary/aromatic N) is 5. The molecular formula is C24H36N6O2. The molecule has 0 fully saturated rings. The van der Waals surface area contributed by atoms with Crippen LogP contribution in [0, 0.1) is 0 Å². The average molecular weight is 441 g/mol. The van der Waals surface area contributed by atoms with Gasteiger partial charge in [0.15, 0.2) is 5.82 Å². The largest absolute Gasteiger partial charge is 0.489 e. The van der Waals surface area contributed by atoms with E-state index in [4.69, 9.17) is 14.7 Å². The standard InChI is InChI=1S/C24H36N6O2/c1-16(14-29(5)6)32-17-11-12-25-20(13-17)22-26-19-10-8-9-18(19)23(27-22)30(7)15-21(31)28-24(2,3)4/h11-13,16H,8-10,14-15H2,1-7H3,(H,28,31)/t16-/m0/s1. The molecule has 174 valence electrons. The Balaban J connectivity index is 1.86. The zero-order valence-electron chi connectivity index (χ0n) is 20.4. The van der Waals surface area contributed by atoms with Crippen LogP contribution in [0.5, 0.6) is 5.75 Å². The number of nitrogens with one attached hydrogen (secondary N) is 1. The van der Waals surface area contributed by atoms with Gasteiger partial charge in [0, 0.05) is 42.7 Å². The summed E-state index contributed by atoms with van der Waals surface area (Å²) in [7, 11) is 5.95. The number of fused-ring (bicyclic) bond motifs is 1. The summed E-state index contributed by atoms with van der Waals surface area (Å²) in [4.78, 5) is 30.6. The molecule has 3 rings (SSSR count). The first kappa shape index (κ1) is 23.9. The summed E-state index contributed by atoms with van der Waals surface area (Å²) in [5, 5.41) is 3.02. The molecule has 8 nitrogen and oxygen atoms in total. The molecule has 0 radical (unpaired) electrons. The summed E-state index contributed by atoms with van der Waals surface area (Å²) in [5.74, 6) is 2.08. The zero-order valence-corrected chi connectivity index (χ0v) is 20.4. The average Bonchev–Trinajstić information content (AvgIpc) is 3.13. The molecule has 2 heterocycles. The molecule has 1 aliphatic rings. The smallest absolute Gasteiger partial charge is 0.239 e. The highest BCUT2D eigenvalue weighted by Gasteiger charge is 2.24. The first-order valence-electron chi connectivity index (χ1n) is 11.2. The van der Waals surface area contributed by atoms with E-state index in [0.29, 0.717) is 11.5 Å². The van der Waals surface area contributed by atoms with Crippen LogP contribution in [0.4, 0.5) is 5.82 Å². The number of likely N-dealkylation sites (N-methyl/N-ethyl adjacent to an activating group) is 2. The van der Waals surface area contributed by atoms with Crippen LogP contribution >= 0.6 is 0 Å². The van der Waals surface area contributed by atoms with Crippen molar-refractivity contribution in [3.63, 3.8) is 0 Å². The molecule has 2 aromatic heterocycles. The fourth-order valence-corrected chi connectivity index (χ4v) is 3.98. The topological polar surface area (TPSA) is 83.5 Å². The predicted octanol–water partition coefficient (Wildman–Crippen LogP) is 2.71. The highest BCUT2D eigenvalue weighted by atomic mass is 16.5. The zero-order chi connectivity index (χ0) is 23.5. The van der Waals surface area contributed by atoms with Gasteiger partial charge >= 0.3 is 0 Å². The van der Waals surface area contributed by atoms with Crippen LogP contribution in [-0.2, 0) is 17.6 Å². The molecule has 2 aromatic rings. The predicted molar refractivity (Wildman–Crippen MR) is 127 cm³/mol. The van der Waals surface area contributed by atoms with Crippen molar-refractivity contribution in [2.24, 2.45) is 0 Å². The number of carbonyl (C=O) groups is 1. The van der Waals surface area contributed by atoms with Crippen LogP contribution in [0.3, 0.4) is 0 Å². The van der Waals surface area contributed by atoms with Crippen LogP contribution in [0.2, 0.25) is 0 Å². The maximum atomic E-state index is 12.5. The van der Waals surface area contributed by atoms with Crippen molar-refractivity contribution in [1.29, 1.82) is 0 Å². The Labute approximate surface area is 191 Å². The molecule has 32 heavy (non-hydrogen) atoms. The van der Waals surface area contributed by atoms with Gasteiger partial charge in [-0.2, -0.15) is 0 Å². The number of carbonyl (C=O) groups excluding carboxylic acids is 1. The van der Waals surface area contributed by atoms with Crippen LogP contribution < -0.4 is 15.0 Å². The number of aryl methyl sites for hydroxylation is 1. The van der Waals surface area contributed by atoms with E-state index < -0.39 is 0 Å². The fourth-order valence-electron chi connectivity index (χ4n) is 3.98. The van der Waals surface area contributed by atoms with E-state index in [1.54, 1.807) is 6.20 Å². The minimum atomic E-state index is -0.273. The van der Waals surface area contributed by atoms with Crippen molar-refractivity contribution in [2.75, 3.05) is 39.1 Å². The molecule has 1 atom stereocenters. The summed E-state index contributed by atoms with van der Waals surface area (Å²) in [5.41, 5.74) is 2.57. The number of hydrogen-bond acceptors (Lipinski definition) is 7. The third-order valence-electron chi connectivity index (χ3n) is 5.09. The van der Waals surface area contributed by atoms with Gasteiger partial charge in [0.25, 0.3) is 0 Å². The Kier molecular flexibility index (Phi) is 7.33. The molecule has 0 saturated carbocycles. The lowest BCUT2D eigenvalue weighted by Gasteiger charge is -2.25. The molecule has 0 unspecified atom stereocenters. The normalized spacial score (nSPS) is 14.2. The number of anilines is 1. The third kappa shape index (κ3) is 6.38. The number of pyridine rings is 1. The second kappa shape index (κ2) is 9.81. The molecule has 0 spiro atoms. The third-order valence-corrected chi connectivity index (χ3v) is 5.09. The van der Waals surface area contributed by atoms with Gasteiger partial charge in [0.1, 0.15) is 23.4 Å². The second-order valence-corrected chi connectivity index (χ2v) is 9.87. The van der Waals surface area contributed by atoms with Gasteiger partial charge in [-0.1, -0.05) is 0 Å². The van der Waals surface area contributed by atoms with Crippen molar-refractivity contribution < 1.29 is 9.53 Å². The second-order valence-electron chi connectivity index (χ2n) is 9.87. The number of rotatable bonds is 8. The number of amides is 1. The molecule has 1 N–H and O–H groups in total.